The fourth-order valence-electron chi connectivity index (χ4n) is 3.31. The number of likely N-dealkylation sites (tertiary alicyclic amines) is 2. The number of likely N-dealkylation sites (N-methyl/N-ethyl adjacent to an activating group) is 1. The minimum Gasteiger partial charge on any atom is -0.378 e. The van der Waals surface area contributed by atoms with Gasteiger partial charge >= 0.3 is 0 Å². The molecular formula is C17H34Cl2N4O3. The van der Waals surface area contributed by atoms with Crippen LogP contribution in [-0.2, 0) is 14.3 Å². The fraction of sp³-hybridized carbons (Fsp3) is 0.882. The Labute approximate surface area is 169 Å². The van der Waals surface area contributed by atoms with E-state index in [1.54, 1.807) is 0 Å². The molecule has 0 radical (unpaired) electrons. The van der Waals surface area contributed by atoms with Crippen molar-refractivity contribution in [1.29, 1.82) is 0 Å². The summed E-state index contributed by atoms with van der Waals surface area (Å²) in [5, 5.41) is 0. The molecule has 9 heteroatoms. The van der Waals surface area contributed by atoms with E-state index >= 15 is 0 Å². The number of nitrogens with two attached hydrogens (primary N) is 1. The molecule has 0 bridgehead atoms. The van der Waals surface area contributed by atoms with E-state index in [1.807, 2.05) is 23.9 Å². The number of piperidine rings is 1. The average Bonchev–Trinajstić information content (AvgIpc) is 2.94. The van der Waals surface area contributed by atoms with Crippen molar-refractivity contribution in [3.8, 4) is 0 Å². The van der Waals surface area contributed by atoms with Crippen molar-refractivity contribution in [3.63, 3.8) is 0 Å². The van der Waals surface area contributed by atoms with Crippen molar-refractivity contribution < 1.29 is 14.3 Å². The number of hydrogen-bond acceptors (Lipinski definition) is 5. The van der Waals surface area contributed by atoms with Gasteiger partial charge in [-0.1, -0.05) is 0 Å². The summed E-state index contributed by atoms with van der Waals surface area (Å²) in [4.78, 5) is 30.6. The third-order valence-electron chi connectivity index (χ3n) is 4.84. The first-order chi connectivity index (χ1) is 11.5. The van der Waals surface area contributed by atoms with Crippen LogP contribution in [0.5, 0.6) is 0 Å². The summed E-state index contributed by atoms with van der Waals surface area (Å²) in [6, 6.07) is 0. The smallest absolute Gasteiger partial charge is 0.227 e. The van der Waals surface area contributed by atoms with Crippen molar-refractivity contribution in [2.24, 2.45) is 11.7 Å². The van der Waals surface area contributed by atoms with Crippen LogP contribution < -0.4 is 5.73 Å². The number of hydrogen-bond donors (Lipinski definition) is 1. The van der Waals surface area contributed by atoms with Gasteiger partial charge in [-0.2, -0.15) is 0 Å². The van der Waals surface area contributed by atoms with Crippen molar-refractivity contribution in [2.45, 2.75) is 31.8 Å². The molecule has 2 aliphatic heterocycles. The summed E-state index contributed by atoms with van der Waals surface area (Å²) in [6.07, 6.45) is 3.23. The Kier molecular flexibility index (Phi) is 12.4. The third-order valence-corrected chi connectivity index (χ3v) is 4.84. The maximum atomic E-state index is 12.7. The number of rotatable bonds is 8. The van der Waals surface area contributed by atoms with Crippen LogP contribution in [0.25, 0.3) is 0 Å². The van der Waals surface area contributed by atoms with Crippen LogP contribution in [0, 0.1) is 5.92 Å². The van der Waals surface area contributed by atoms with Crippen molar-refractivity contribution in [2.75, 3.05) is 60.0 Å². The molecule has 2 fully saturated rings. The fourth-order valence-corrected chi connectivity index (χ4v) is 3.31. The zero-order valence-corrected chi connectivity index (χ0v) is 17.5. The van der Waals surface area contributed by atoms with Gasteiger partial charge in [0.25, 0.3) is 0 Å². The standard InChI is InChI=1S/C17H32N4O3.2ClH/c1-19(2)9-10-21-13-14(12-16(21)22)17(23)20-7-4-15(5-8-20)24-11-3-6-18;;/h14-15H,3-13,18H2,1-2H3;2*1H. The predicted octanol–water partition coefficient (Wildman–Crippen LogP) is 0.597. The van der Waals surface area contributed by atoms with Gasteiger partial charge in [-0.05, 0) is 39.9 Å². The maximum Gasteiger partial charge on any atom is 0.227 e. The van der Waals surface area contributed by atoms with E-state index < -0.39 is 0 Å². The molecule has 2 heterocycles. The van der Waals surface area contributed by atoms with E-state index in [0.29, 0.717) is 32.7 Å². The average molecular weight is 413 g/mol. The van der Waals surface area contributed by atoms with Gasteiger partial charge in [-0.25, -0.2) is 0 Å². The van der Waals surface area contributed by atoms with Crippen LogP contribution in [0.1, 0.15) is 25.7 Å². The van der Waals surface area contributed by atoms with E-state index in [1.165, 1.54) is 0 Å². The molecular weight excluding hydrogens is 379 g/mol. The molecule has 2 amide bonds. The topological polar surface area (TPSA) is 79.1 Å². The second-order valence-electron chi connectivity index (χ2n) is 7.08. The summed E-state index contributed by atoms with van der Waals surface area (Å²) in [7, 11) is 3.98. The summed E-state index contributed by atoms with van der Waals surface area (Å²) in [6.45, 7) is 4.91. The Morgan fingerprint density at radius 1 is 1.27 bits per heavy atom. The molecule has 2 N–H and O–H groups in total. The van der Waals surface area contributed by atoms with Crippen molar-refractivity contribution >= 4 is 36.6 Å². The van der Waals surface area contributed by atoms with Crippen LogP contribution in [0.2, 0.25) is 0 Å². The SMILES string of the molecule is CN(C)CCN1CC(C(=O)N2CCC(OCCCN)CC2)CC1=O.Cl.Cl. The Morgan fingerprint density at radius 3 is 2.50 bits per heavy atom. The van der Waals surface area contributed by atoms with Crippen LogP contribution in [0.4, 0.5) is 0 Å². The minimum absolute atomic E-state index is 0. The first-order valence-electron chi connectivity index (χ1n) is 9.04. The third kappa shape index (κ3) is 7.56. The number of nitrogens with zero attached hydrogens (tertiary/aromatic N) is 3. The van der Waals surface area contributed by atoms with Crippen LogP contribution in [0.15, 0.2) is 0 Å². The lowest BCUT2D eigenvalue weighted by molar-refractivity contribution is -0.138. The van der Waals surface area contributed by atoms with Gasteiger partial charge in [0, 0.05) is 45.8 Å². The normalized spacial score (nSPS) is 20.9. The minimum atomic E-state index is -0.172. The van der Waals surface area contributed by atoms with Crippen molar-refractivity contribution in [3.05, 3.63) is 0 Å². The molecule has 2 rings (SSSR count). The van der Waals surface area contributed by atoms with Gasteiger partial charge in [0.2, 0.25) is 11.8 Å². The summed E-state index contributed by atoms with van der Waals surface area (Å²) in [5.41, 5.74) is 5.47. The highest BCUT2D eigenvalue weighted by molar-refractivity contribution is 5.89. The molecule has 0 aliphatic carbocycles. The highest BCUT2D eigenvalue weighted by Gasteiger charge is 2.37. The van der Waals surface area contributed by atoms with Gasteiger partial charge in [-0.15, -0.1) is 24.8 Å². The van der Waals surface area contributed by atoms with Gasteiger partial charge in [-0.3, -0.25) is 9.59 Å². The van der Waals surface area contributed by atoms with E-state index in [9.17, 15) is 9.59 Å². The molecule has 0 aromatic heterocycles. The van der Waals surface area contributed by atoms with E-state index in [0.717, 1.165) is 38.9 Å². The maximum absolute atomic E-state index is 12.7. The van der Waals surface area contributed by atoms with Crippen molar-refractivity contribution in [1.82, 2.24) is 14.7 Å². The Balaban J connectivity index is 0.00000312. The lowest BCUT2D eigenvalue weighted by Gasteiger charge is -2.33. The molecule has 154 valence electrons. The lowest BCUT2D eigenvalue weighted by atomic mass is 10.0. The molecule has 0 aromatic carbocycles. The van der Waals surface area contributed by atoms with Gasteiger partial charge in [0.1, 0.15) is 0 Å². The first-order valence-corrected chi connectivity index (χ1v) is 9.04. The van der Waals surface area contributed by atoms with Gasteiger partial charge in [0.05, 0.1) is 12.0 Å². The second kappa shape index (κ2) is 12.7. The van der Waals surface area contributed by atoms with Gasteiger partial charge in [0.15, 0.2) is 0 Å². The molecule has 2 aliphatic rings. The number of ether oxygens (including phenoxy) is 1. The Hall–Kier alpha value is -0.600. The van der Waals surface area contributed by atoms with E-state index in [4.69, 9.17) is 10.5 Å². The zero-order chi connectivity index (χ0) is 17.5. The molecule has 7 nitrogen and oxygen atoms in total. The molecule has 0 saturated carbocycles. The molecule has 26 heavy (non-hydrogen) atoms. The zero-order valence-electron chi connectivity index (χ0n) is 15.9. The molecule has 1 unspecified atom stereocenters. The number of carbonyl (C=O) groups excluding carboxylic acids is 2. The molecule has 0 spiro atoms. The quantitative estimate of drug-likeness (QED) is 0.590. The highest BCUT2D eigenvalue weighted by atomic mass is 35.5. The van der Waals surface area contributed by atoms with Crippen LogP contribution >= 0.6 is 24.8 Å². The highest BCUT2D eigenvalue weighted by Crippen LogP contribution is 2.23. The monoisotopic (exact) mass is 412 g/mol. The molecule has 1 atom stereocenters. The summed E-state index contributed by atoms with van der Waals surface area (Å²) >= 11 is 0. The van der Waals surface area contributed by atoms with E-state index in [-0.39, 0.29) is 48.7 Å². The van der Waals surface area contributed by atoms with Crippen LogP contribution in [-0.4, -0.2) is 92.6 Å². The number of halogens is 2. The number of amides is 2. The second-order valence-corrected chi connectivity index (χ2v) is 7.08. The largest absolute Gasteiger partial charge is 0.378 e. The lowest BCUT2D eigenvalue weighted by Crippen LogP contribution is -2.44. The summed E-state index contributed by atoms with van der Waals surface area (Å²) < 4.78 is 5.78. The summed E-state index contributed by atoms with van der Waals surface area (Å²) in [5.74, 6) is 0.0701. The number of carbonyl (C=O) groups is 2. The van der Waals surface area contributed by atoms with Gasteiger partial charge < -0.3 is 25.2 Å². The molecule has 0 aromatic rings. The Morgan fingerprint density at radius 2 is 1.92 bits per heavy atom. The Bertz CT molecular complexity index is 432. The van der Waals surface area contributed by atoms with E-state index in [2.05, 4.69) is 4.90 Å². The first kappa shape index (κ1) is 25.4. The molecule has 2 saturated heterocycles. The predicted molar refractivity (Wildman–Crippen MR) is 107 cm³/mol. The van der Waals surface area contributed by atoms with Crippen LogP contribution in [0.3, 0.4) is 0 Å².